The number of anilines is 1. The number of hydrogen-bond donors (Lipinski definition) is 1. The Labute approximate surface area is 121 Å². The molecule has 0 aromatic heterocycles. The fourth-order valence-corrected chi connectivity index (χ4v) is 3.44. The smallest absolute Gasteiger partial charge is 0.240 e. The highest BCUT2D eigenvalue weighted by Gasteiger charge is 2.54. The van der Waals surface area contributed by atoms with Crippen LogP contribution in [0, 0.1) is 0 Å². The zero-order chi connectivity index (χ0) is 14.6. The van der Waals surface area contributed by atoms with Crippen molar-refractivity contribution in [3.8, 4) is 5.75 Å². The van der Waals surface area contributed by atoms with Crippen molar-refractivity contribution in [1.82, 2.24) is 0 Å². The van der Waals surface area contributed by atoms with E-state index in [2.05, 4.69) is 5.32 Å². The standard InChI is InChI=1S/C17H13NO3/c1-21-10-6-7-12-11(8-10)15(19)9-17(12)13-4-2-3-5-14(13)18-16(17)20/h2-8H,9H2,1H3,(H,18,20). The zero-order valence-corrected chi connectivity index (χ0v) is 11.5. The largest absolute Gasteiger partial charge is 0.497 e. The summed E-state index contributed by atoms with van der Waals surface area (Å²) in [5.41, 5.74) is 2.15. The molecule has 1 aliphatic heterocycles. The third kappa shape index (κ3) is 1.39. The lowest BCUT2D eigenvalue weighted by atomic mass is 9.76. The molecule has 0 saturated carbocycles. The van der Waals surface area contributed by atoms with Crippen molar-refractivity contribution >= 4 is 17.4 Å². The molecule has 1 atom stereocenters. The van der Waals surface area contributed by atoms with Gasteiger partial charge in [-0.15, -0.1) is 0 Å². The summed E-state index contributed by atoms with van der Waals surface area (Å²) in [5, 5.41) is 2.90. The fourth-order valence-electron chi connectivity index (χ4n) is 3.44. The van der Waals surface area contributed by atoms with Gasteiger partial charge in [-0.2, -0.15) is 0 Å². The second-order valence-electron chi connectivity index (χ2n) is 5.42. The van der Waals surface area contributed by atoms with Crippen LogP contribution >= 0.6 is 0 Å². The van der Waals surface area contributed by atoms with E-state index in [1.165, 1.54) is 0 Å². The first-order chi connectivity index (χ1) is 10.2. The molecule has 4 heteroatoms. The number of para-hydroxylation sites is 1. The van der Waals surface area contributed by atoms with Crippen molar-refractivity contribution in [2.75, 3.05) is 12.4 Å². The van der Waals surface area contributed by atoms with Crippen LogP contribution in [0.25, 0.3) is 0 Å². The normalized spacial score (nSPS) is 22.1. The molecule has 1 amide bonds. The van der Waals surface area contributed by atoms with Gasteiger partial charge in [0.05, 0.1) is 7.11 Å². The van der Waals surface area contributed by atoms with Crippen molar-refractivity contribution in [2.24, 2.45) is 0 Å². The molecular weight excluding hydrogens is 266 g/mol. The molecule has 21 heavy (non-hydrogen) atoms. The summed E-state index contributed by atoms with van der Waals surface area (Å²) in [5.74, 6) is 0.488. The van der Waals surface area contributed by atoms with E-state index < -0.39 is 5.41 Å². The van der Waals surface area contributed by atoms with E-state index >= 15 is 0 Å². The highest BCUT2D eigenvalue weighted by Crippen LogP contribution is 2.51. The topological polar surface area (TPSA) is 55.4 Å². The van der Waals surface area contributed by atoms with Crippen LogP contribution in [0.1, 0.15) is 27.9 Å². The van der Waals surface area contributed by atoms with E-state index in [9.17, 15) is 9.59 Å². The zero-order valence-electron chi connectivity index (χ0n) is 11.5. The maximum Gasteiger partial charge on any atom is 0.240 e. The van der Waals surface area contributed by atoms with Gasteiger partial charge in [0.1, 0.15) is 11.2 Å². The van der Waals surface area contributed by atoms with E-state index in [1.54, 1.807) is 19.2 Å². The van der Waals surface area contributed by atoms with Gasteiger partial charge < -0.3 is 10.1 Å². The Kier molecular flexibility index (Phi) is 2.28. The molecule has 1 heterocycles. The van der Waals surface area contributed by atoms with Crippen molar-refractivity contribution in [3.63, 3.8) is 0 Å². The minimum absolute atomic E-state index is 0.0178. The van der Waals surface area contributed by atoms with Crippen molar-refractivity contribution < 1.29 is 14.3 Å². The van der Waals surface area contributed by atoms with Crippen molar-refractivity contribution in [2.45, 2.75) is 11.8 Å². The van der Waals surface area contributed by atoms with Gasteiger partial charge in [-0.05, 0) is 29.3 Å². The number of ketones is 1. The molecule has 2 aromatic carbocycles. The minimum Gasteiger partial charge on any atom is -0.497 e. The van der Waals surface area contributed by atoms with Crippen LogP contribution < -0.4 is 10.1 Å². The minimum atomic E-state index is -0.880. The summed E-state index contributed by atoms with van der Waals surface area (Å²) >= 11 is 0. The van der Waals surface area contributed by atoms with E-state index in [1.807, 2.05) is 30.3 Å². The average Bonchev–Trinajstić information content (AvgIpc) is 2.96. The number of amides is 1. The summed E-state index contributed by atoms with van der Waals surface area (Å²) in [7, 11) is 1.56. The number of hydrogen-bond acceptors (Lipinski definition) is 3. The van der Waals surface area contributed by atoms with Crippen LogP contribution in [-0.2, 0) is 10.2 Å². The van der Waals surface area contributed by atoms with Crippen LogP contribution in [0.2, 0.25) is 0 Å². The Hall–Kier alpha value is -2.62. The number of methoxy groups -OCH3 is 1. The van der Waals surface area contributed by atoms with Crippen LogP contribution in [0.3, 0.4) is 0 Å². The fraction of sp³-hybridized carbons (Fsp3) is 0.176. The Morgan fingerprint density at radius 3 is 2.71 bits per heavy atom. The molecule has 4 rings (SSSR count). The SMILES string of the molecule is COc1ccc2c(c1)C(=O)CC21C(=O)Nc2ccccc21. The molecule has 1 spiro atoms. The number of fused-ring (bicyclic) bond motifs is 4. The third-order valence-corrected chi connectivity index (χ3v) is 4.44. The van der Waals surface area contributed by atoms with E-state index in [0.717, 1.165) is 16.8 Å². The second kappa shape index (κ2) is 3.95. The van der Waals surface area contributed by atoms with Crippen molar-refractivity contribution in [3.05, 3.63) is 59.2 Å². The molecule has 1 unspecified atom stereocenters. The first-order valence-corrected chi connectivity index (χ1v) is 6.79. The first-order valence-electron chi connectivity index (χ1n) is 6.79. The van der Waals surface area contributed by atoms with Gasteiger partial charge in [-0.3, -0.25) is 9.59 Å². The molecule has 1 N–H and O–H groups in total. The summed E-state index contributed by atoms with van der Waals surface area (Å²) in [4.78, 5) is 25.0. The lowest BCUT2D eigenvalue weighted by molar-refractivity contribution is -0.119. The van der Waals surface area contributed by atoms with E-state index in [4.69, 9.17) is 4.74 Å². The number of benzene rings is 2. The number of carbonyl (C=O) groups is 2. The second-order valence-corrected chi connectivity index (χ2v) is 5.42. The molecule has 0 saturated heterocycles. The van der Waals surface area contributed by atoms with Gasteiger partial charge in [0.25, 0.3) is 0 Å². The molecule has 1 aliphatic carbocycles. The van der Waals surface area contributed by atoms with Crippen molar-refractivity contribution in [1.29, 1.82) is 0 Å². The first kappa shape index (κ1) is 12.1. The predicted octanol–water partition coefficient (Wildman–Crippen LogP) is 2.52. The van der Waals surface area contributed by atoms with Gasteiger partial charge in [0.15, 0.2) is 5.78 Å². The number of carbonyl (C=O) groups excluding carboxylic acids is 2. The molecule has 2 aromatic rings. The molecule has 0 bridgehead atoms. The monoisotopic (exact) mass is 279 g/mol. The molecule has 0 radical (unpaired) electrons. The Balaban J connectivity index is 2.01. The Morgan fingerprint density at radius 1 is 1.10 bits per heavy atom. The molecular formula is C17H13NO3. The molecule has 4 nitrogen and oxygen atoms in total. The van der Waals surface area contributed by atoms with Gasteiger partial charge in [0.2, 0.25) is 5.91 Å². The van der Waals surface area contributed by atoms with Gasteiger partial charge in [-0.25, -0.2) is 0 Å². The van der Waals surface area contributed by atoms with Gasteiger partial charge in [0, 0.05) is 17.7 Å². The molecule has 2 aliphatic rings. The van der Waals surface area contributed by atoms with Crippen LogP contribution in [0.15, 0.2) is 42.5 Å². The number of nitrogens with one attached hydrogen (secondary N) is 1. The third-order valence-electron chi connectivity index (χ3n) is 4.44. The van der Waals surface area contributed by atoms with Crippen LogP contribution in [0.4, 0.5) is 5.69 Å². The molecule has 104 valence electrons. The van der Waals surface area contributed by atoms with Gasteiger partial charge >= 0.3 is 0 Å². The average molecular weight is 279 g/mol. The number of ether oxygens (including phenoxy) is 1. The quantitative estimate of drug-likeness (QED) is 0.872. The van der Waals surface area contributed by atoms with E-state index in [-0.39, 0.29) is 18.1 Å². The summed E-state index contributed by atoms with van der Waals surface area (Å²) < 4.78 is 5.18. The summed E-state index contributed by atoms with van der Waals surface area (Å²) in [6, 6.07) is 12.9. The number of Topliss-reactive ketones (excluding diaryl/α,β-unsaturated/α-hetero) is 1. The Bertz CT molecular complexity index is 796. The van der Waals surface area contributed by atoms with Crippen LogP contribution in [0.5, 0.6) is 5.75 Å². The van der Waals surface area contributed by atoms with E-state index in [0.29, 0.717) is 11.3 Å². The van der Waals surface area contributed by atoms with Gasteiger partial charge in [-0.1, -0.05) is 24.3 Å². The lowest BCUT2D eigenvalue weighted by Gasteiger charge is -2.22. The highest BCUT2D eigenvalue weighted by atomic mass is 16.5. The molecule has 0 fully saturated rings. The predicted molar refractivity (Wildman–Crippen MR) is 77.8 cm³/mol. The lowest BCUT2D eigenvalue weighted by Crippen LogP contribution is -2.33. The highest BCUT2D eigenvalue weighted by molar-refractivity contribution is 6.17. The summed E-state index contributed by atoms with van der Waals surface area (Å²) in [6.45, 7) is 0. The Morgan fingerprint density at radius 2 is 1.90 bits per heavy atom. The maximum absolute atomic E-state index is 12.6. The summed E-state index contributed by atoms with van der Waals surface area (Å²) in [6.07, 6.45) is 0.179. The number of rotatable bonds is 1. The maximum atomic E-state index is 12.6. The van der Waals surface area contributed by atoms with Crippen LogP contribution in [-0.4, -0.2) is 18.8 Å².